The summed E-state index contributed by atoms with van der Waals surface area (Å²) in [5.74, 6) is 0. The third-order valence-corrected chi connectivity index (χ3v) is 4.10. The van der Waals surface area contributed by atoms with E-state index in [1.807, 2.05) is 0 Å². The SMILES string of the molecule is CC(C)N1CC(NC2CCC2(C)C)C1. The zero-order chi connectivity index (χ0) is 10.3. The summed E-state index contributed by atoms with van der Waals surface area (Å²) in [7, 11) is 0. The van der Waals surface area contributed by atoms with Crippen molar-refractivity contribution in [2.45, 2.75) is 58.7 Å². The quantitative estimate of drug-likeness (QED) is 0.741. The molecule has 0 bridgehead atoms. The van der Waals surface area contributed by atoms with Gasteiger partial charge < -0.3 is 5.32 Å². The lowest BCUT2D eigenvalue weighted by molar-refractivity contribution is 0.0359. The Balaban J connectivity index is 1.70. The van der Waals surface area contributed by atoms with Crippen LogP contribution >= 0.6 is 0 Å². The maximum Gasteiger partial charge on any atom is 0.0325 e. The van der Waals surface area contributed by atoms with Gasteiger partial charge in [0.1, 0.15) is 0 Å². The van der Waals surface area contributed by atoms with Crippen LogP contribution in [0.1, 0.15) is 40.5 Å². The fraction of sp³-hybridized carbons (Fsp3) is 1.00. The molecule has 0 aromatic heterocycles. The molecule has 1 N–H and O–H groups in total. The molecule has 82 valence electrons. The maximum absolute atomic E-state index is 3.79. The number of hydrogen-bond donors (Lipinski definition) is 1. The standard InChI is InChI=1S/C12H24N2/c1-9(2)14-7-10(8-14)13-11-5-6-12(11,3)4/h9-11,13H,5-8H2,1-4H3. The summed E-state index contributed by atoms with van der Waals surface area (Å²) in [5, 5.41) is 3.79. The van der Waals surface area contributed by atoms with Crippen molar-refractivity contribution in [3.05, 3.63) is 0 Å². The topological polar surface area (TPSA) is 15.3 Å². The molecule has 2 nitrogen and oxygen atoms in total. The van der Waals surface area contributed by atoms with Gasteiger partial charge in [-0.05, 0) is 32.1 Å². The van der Waals surface area contributed by atoms with Gasteiger partial charge in [-0.1, -0.05) is 13.8 Å². The first-order valence-electron chi connectivity index (χ1n) is 5.99. The molecule has 1 saturated carbocycles. The Bertz CT molecular complexity index is 204. The number of nitrogens with zero attached hydrogens (tertiary/aromatic N) is 1. The normalized spacial score (nSPS) is 32.8. The smallest absolute Gasteiger partial charge is 0.0325 e. The highest BCUT2D eigenvalue weighted by Gasteiger charge is 2.41. The number of hydrogen-bond acceptors (Lipinski definition) is 2. The zero-order valence-electron chi connectivity index (χ0n) is 10.0. The van der Waals surface area contributed by atoms with Gasteiger partial charge in [-0.2, -0.15) is 0 Å². The third kappa shape index (κ3) is 1.82. The van der Waals surface area contributed by atoms with Crippen molar-refractivity contribution < 1.29 is 0 Å². The molecule has 1 heterocycles. The van der Waals surface area contributed by atoms with Gasteiger partial charge in [-0.25, -0.2) is 0 Å². The highest BCUT2D eigenvalue weighted by atomic mass is 15.3. The summed E-state index contributed by atoms with van der Waals surface area (Å²) < 4.78 is 0. The molecule has 2 fully saturated rings. The van der Waals surface area contributed by atoms with Crippen molar-refractivity contribution in [2.75, 3.05) is 13.1 Å². The van der Waals surface area contributed by atoms with Crippen molar-refractivity contribution in [1.82, 2.24) is 10.2 Å². The van der Waals surface area contributed by atoms with Gasteiger partial charge in [0.25, 0.3) is 0 Å². The average Bonchev–Trinajstić information content (AvgIpc) is 1.99. The van der Waals surface area contributed by atoms with Crippen molar-refractivity contribution in [3.63, 3.8) is 0 Å². The highest BCUT2D eigenvalue weighted by molar-refractivity contribution is 4.99. The molecule has 2 rings (SSSR count). The summed E-state index contributed by atoms with van der Waals surface area (Å²) in [5.41, 5.74) is 0.554. The zero-order valence-corrected chi connectivity index (χ0v) is 10.0. The van der Waals surface area contributed by atoms with Gasteiger partial charge in [0.15, 0.2) is 0 Å². The number of rotatable bonds is 3. The first kappa shape index (κ1) is 10.4. The Kier molecular flexibility index (Phi) is 2.61. The van der Waals surface area contributed by atoms with E-state index in [2.05, 4.69) is 37.9 Å². The molecule has 1 atom stereocenters. The summed E-state index contributed by atoms with van der Waals surface area (Å²) in [6.45, 7) is 11.8. The van der Waals surface area contributed by atoms with Gasteiger partial charge in [0, 0.05) is 31.2 Å². The van der Waals surface area contributed by atoms with E-state index in [1.165, 1.54) is 25.9 Å². The Morgan fingerprint density at radius 3 is 2.29 bits per heavy atom. The molecule has 14 heavy (non-hydrogen) atoms. The maximum atomic E-state index is 3.79. The molecule has 0 spiro atoms. The minimum absolute atomic E-state index is 0.554. The Morgan fingerprint density at radius 1 is 1.29 bits per heavy atom. The minimum Gasteiger partial charge on any atom is -0.308 e. The predicted octanol–water partition coefficient (Wildman–Crippen LogP) is 1.86. The van der Waals surface area contributed by atoms with Crippen LogP contribution in [0.4, 0.5) is 0 Å². The first-order chi connectivity index (χ1) is 6.49. The van der Waals surface area contributed by atoms with Crippen LogP contribution in [-0.2, 0) is 0 Å². The van der Waals surface area contributed by atoms with E-state index in [0.717, 1.165) is 18.1 Å². The van der Waals surface area contributed by atoms with E-state index in [4.69, 9.17) is 0 Å². The van der Waals surface area contributed by atoms with E-state index in [1.54, 1.807) is 0 Å². The predicted molar refractivity (Wildman–Crippen MR) is 60.4 cm³/mol. The lowest BCUT2D eigenvalue weighted by Gasteiger charge is -2.51. The Hall–Kier alpha value is -0.0800. The van der Waals surface area contributed by atoms with E-state index in [0.29, 0.717) is 5.41 Å². The molecule has 1 aliphatic heterocycles. The van der Waals surface area contributed by atoms with Gasteiger partial charge >= 0.3 is 0 Å². The molecule has 0 aromatic carbocycles. The Morgan fingerprint density at radius 2 is 1.93 bits per heavy atom. The second kappa shape index (κ2) is 3.49. The van der Waals surface area contributed by atoms with E-state index in [9.17, 15) is 0 Å². The molecule has 0 radical (unpaired) electrons. The van der Waals surface area contributed by atoms with Crippen LogP contribution in [0.5, 0.6) is 0 Å². The van der Waals surface area contributed by atoms with Gasteiger partial charge in [0.05, 0.1) is 0 Å². The number of likely N-dealkylation sites (tertiary alicyclic amines) is 1. The summed E-state index contributed by atoms with van der Waals surface area (Å²) in [6.07, 6.45) is 2.77. The largest absolute Gasteiger partial charge is 0.308 e. The van der Waals surface area contributed by atoms with Crippen molar-refractivity contribution in [3.8, 4) is 0 Å². The second-order valence-electron chi connectivity index (χ2n) is 5.99. The van der Waals surface area contributed by atoms with Gasteiger partial charge in [0.2, 0.25) is 0 Å². The van der Waals surface area contributed by atoms with Crippen LogP contribution in [0.2, 0.25) is 0 Å². The monoisotopic (exact) mass is 196 g/mol. The van der Waals surface area contributed by atoms with Crippen LogP contribution in [0.15, 0.2) is 0 Å². The third-order valence-electron chi connectivity index (χ3n) is 4.10. The van der Waals surface area contributed by atoms with Crippen molar-refractivity contribution >= 4 is 0 Å². The summed E-state index contributed by atoms with van der Waals surface area (Å²) in [4.78, 5) is 2.53. The van der Waals surface area contributed by atoms with Crippen molar-refractivity contribution in [1.29, 1.82) is 0 Å². The van der Waals surface area contributed by atoms with Crippen molar-refractivity contribution in [2.24, 2.45) is 5.41 Å². The van der Waals surface area contributed by atoms with E-state index in [-0.39, 0.29) is 0 Å². The molecular weight excluding hydrogens is 172 g/mol. The molecule has 0 amide bonds. The molecule has 1 unspecified atom stereocenters. The molecule has 1 saturated heterocycles. The average molecular weight is 196 g/mol. The Labute approximate surface area is 88.1 Å². The van der Waals surface area contributed by atoms with Crippen LogP contribution in [0.25, 0.3) is 0 Å². The molecule has 2 heteroatoms. The second-order valence-corrected chi connectivity index (χ2v) is 5.99. The number of nitrogens with one attached hydrogen (secondary N) is 1. The molecule has 0 aromatic rings. The van der Waals surface area contributed by atoms with Crippen LogP contribution in [-0.4, -0.2) is 36.1 Å². The highest BCUT2D eigenvalue weighted by Crippen LogP contribution is 2.40. The van der Waals surface area contributed by atoms with Gasteiger partial charge in [-0.15, -0.1) is 0 Å². The first-order valence-corrected chi connectivity index (χ1v) is 5.99. The van der Waals surface area contributed by atoms with E-state index >= 15 is 0 Å². The molecule has 2 aliphatic rings. The van der Waals surface area contributed by atoms with Crippen LogP contribution in [0, 0.1) is 5.41 Å². The molecular formula is C12H24N2. The van der Waals surface area contributed by atoms with Crippen LogP contribution < -0.4 is 5.32 Å². The fourth-order valence-corrected chi connectivity index (χ4v) is 2.50. The summed E-state index contributed by atoms with van der Waals surface area (Å²) in [6, 6.07) is 2.27. The fourth-order valence-electron chi connectivity index (χ4n) is 2.50. The van der Waals surface area contributed by atoms with Crippen LogP contribution in [0.3, 0.4) is 0 Å². The van der Waals surface area contributed by atoms with E-state index < -0.39 is 0 Å². The molecule has 1 aliphatic carbocycles. The lowest BCUT2D eigenvalue weighted by atomic mass is 9.67. The van der Waals surface area contributed by atoms with Gasteiger partial charge in [-0.3, -0.25) is 4.90 Å². The summed E-state index contributed by atoms with van der Waals surface area (Å²) >= 11 is 0. The lowest BCUT2D eigenvalue weighted by Crippen LogP contribution is -2.65. The minimum atomic E-state index is 0.554.